The molecule has 1 unspecified atom stereocenters. The lowest BCUT2D eigenvalue weighted by molar-refractivity contribution is -0.143. The van der Waals surface area contributed by atoms with Crippen molar-refractivity contribution in [1.29, 1.82) is 0 Å². The molecular formula is C15H17N3O5. The van der Waals surface area contributed by atoms with Crippen LogP contribution in [0.3, 0.4) is 0 Å². The number of amides is 1. The third kappa shape index (κ3) is 4.29. The van der Waals surface area contributed by atoms with E-state index in [4.69, 9.17) is 4.42 Å². The molecule has 1 amide bonds. The first-order valence-electron chi connectivity index (χ1n) is 6.98. The molecule has 1 N–H and O–H groups in total. The van der Waals surface area contributed by atoms with Gasteiger partial charge >= 0.3 is 5.97 Å². The van der Waals surface area contributed by atoms with Gasteiger partial charge in [-0.3, -0.25) is 14.4 Å². The van der Waals surface area contributed by atoms with Crippen molar-refractivity contribution in [3.8, 4) is 11.5 Å². The second kappa shape index (κ2) is 7.39. The van der Waals surface area contributed by atoms with Crippen LogP contribution in [-0.4, -0.2) is 35.3 Å². The minimum atomic E-state index is -0.620. The molecule has 0 fully saturated rings. The number of aromatic nitrogens is 2. The molecule has 0 saturated carbocycles. The van der Waals surface area contributed by atoms with Crippen LogP contribution >= 0.6 is 0 Å². The van der Waals surface area contributed by atoms with Gasteiger partial charge in [0.2, 0.25) is 5.91 Å². The van der Waals surface area contributed by atoms with Gasteiger partial charge in [0.1, 0.15) is 12.1 Å². The van der Waals surface area contributed by atoms with Crippen molar-refractivity contribution in [2.75, 3.05) is 13.7 Å². The van der Waals surface area contributed by atoms with E-state index < -0.39 is 11.9 Å². The summed E-state index contributed by atoms with van der Waals surface area (Å²) < 4.78 is 10.9. The van der Waals surface area contributed by atoms with Crippen molar-refractivity contribution in [3.05, 3.63) is 40.9 Å². The monoisotopic (exact) mass is 319 g/mol. The Hall–Kier alpha value is -2.90. The van der Waals surface area contributed by atoms with Gasteiger partial charge in [-0.15, -0.1) is 0 Å². The summed E-state index contributed by atoms with van der Waals surface area (Å²) >= 11 is 0. The molecule has 2 heterocycles. The standard InChI is InChI=1S/C15H17N3O5/c1-10(9-16-13(19)8-15(21)22-2)18-14(20)6-5-11(17-18)12-4-3-7-23-12/h3-7,10H,8-9H2,1-2H3,(H,16,19). The summed E-state index contributed by atoms with van der Waals surface area (Å²) in [7, 11) is 1.21. The first-order chi connectivity index (χ1) is 11.0. The van der Waals surface area contributed by atoms with E-state index in [1.54, 1.807) is 25.1 Å². The van der Waals surface area contributed by atoms with E-state index in [2.05, 4.69) is 15.2 Å². The van der Waals surface area contributed by atoms with Crippen molar-refractivity contribution < 1.29 is 18.7 Å². The van der Waals surface area contributed by atoms with Gasteiger partial charge in [-0.2, -0.15) is 5.10 Å². The lowest BCUT2D eigenvalue weighted by atomic mass is 10.3. The molecule has 2 rings (SSSR count). The Morgan fingerprint density at radius 3 is 2.83 bits per heavy atom. The molecule has 0 aliphatic carbocycles. The van der Waals surface area contributed by atoms with Gasteiger partial charge in [-0.25, -0.2) is 4.68 Å². The van der Waals surface area contributed by atoms with E-state index in [0.29, 0.717) is 11.5 Å². The zero-order valence-corrected chi connectivity index (χ0v) is 12.8. The third-order valence-electron chi connectivity index (χ3n) is 3.14. The number of carbonyl (C=O) groups excluding carboxylic acids is 2. The highest BCUT2D eigenvalue weighted by atomic mass is 16.5. The Bertz CT molecular complexity index is 736. The minimum absolute atomic E-state index is 0.157. The summed E-state index contributed by atoms with van der Waals surface area (Å²) in [6, 6.07) is 6.03. The van der Waals surface area contributed by atoms with Crippen LogP contribution in [0.25, 0.3) is 11.5 Å². The van der Waals surface area contributed by atoms with Gasteiger partial charge in [0.15, 0.2) is 5.76 Å². The number of carbonyl (C=O) groups is 2. The molecule has 0 aromatic carbocycles. The van der Waals surface area contributed by atoms with Crippen LogP contribution in [0.15, 0.2) is 39.7 Å². The highest BCUT2D eigenvalue weighted by Crippen LogP contribution is 2.15. The van der Waals surface area contributed by atoms with Gasteiger partial charge in [-0.1, -0.05) is 0 Å². The Morgan fingerprint density at radius 1 is 1.39 bits per heavy atom. The number of rotatable bonds is 6. The summed E-state index contributed by atoms with van der Waals surface area (Å²) in [5, 5.41) is 6.80. The second-order valence-corrected chi connectivity index (χ2v) is 4.88. The molecule has 23 heavy (non-hydrogen) atoms. The average Bonchev–Trinajstić information content (AvgIpc) is 3.07. The predicted molar refractivity (Wildman–Crippen MR) is 80.6 cm³/mol. The molecule has 2 aromatic rings. The van der Waals surface area contributed by atoms with E-state index >= 15 is 0 Å². The topological polar surface area (TPSA) is 103 Å². The fourth-order valence-electron chi connectivity index (χ4n) is 1.91. The quantitative estimate of drug-likeness (QED) is 0.622. The normalized spacial score (nSPS) is 11.7. The molecule has 2 aromatic heterocycles. The van der Waals surface area contributed by atoms with E-state index in [-0.39, 0.29) is 24.6 Å². The van der Waals surface area contributed by atoms with Gasteiger partial charge < -0.3 is 14.5 Å². The van der Waals surface area contributed by atoms with Crippen LogP contribution in [0.5, 0.6) is 0 Å². The molecule has 122 valence electrons. The molecule has 1 atom stereocenters. The minimum Gasteiger partial charge on any atom is -0.469 e. The molecule has 8 nitrogen and oxygen atoms in total. The van der Waals surface area contributed by atoms with E-state index in [0.717, 1.165) is 0 Å². The van der Waals surface area contributed by atoms with Crippen LogP contribution in [0, 0.1) is 0 Å². The molecule has 0 spiro atoms. The number of nitrogens with zero attached hydrogens (tertiary/aromatic N) is 2. The number of esters is 1. The second-order valence-electron chi connectivity index (χ2n) is 4.88. The highest BCUT2D eigenvalue weighted by molar-refractivity contribution is 5.94. The first-order valence-corrected chi connectivity index (χ1v) is 6.98. The maximum absolute atomic E-state index is 11.9. The van der Waals surface area contributed by atoms with Crippen LogP contribution in [-0.2, 0) is 14.3 Å². The molecule has 0 bridgehead atoms. The van der Waals surface area contributed by atoms with Crippen molar-refractivity contribution in [2.45, 2.75) is 19.4 Å². The average molecular weight is 319 g/mol. The fraction of sp³-hybridized carbons (Fsp3) is 0.333. The molecule has 8 heteroatoms. The summed E-state index contributed by atoms with van der Waals surface area (Å²) in [6.45, 7) is 1.89. The Kier molecular flexibility index (Phi) is 5.29. The fourth-order valence-corrected chi connectivity index (χ4v) is 1.91. The molecule has 0 aliphatic heterocycles. The Balaban J connectivity index is 2.06. The predicted octanol–water partition coefficient (Wildman–Crippen LogP) is 0.744. The van der Waals surface area contributed by atoms with Gasteiger partial charge in [0, 0.05) is 12.6 Å². The highest BCUT2D eigenvalue weighted by Gasteiger charge is 2.14. The summed E-state index contributed by atoms with van der Waals surface area (Å²) in [5.74, 6) is -0.551. The van der Waals surface area contributed by atoms with Crippen LogP contribution in [0.2, 0.25) is 0 Å². The summed E-state index contributed by atoms with van der Waals surface area (Å²) in [5.41, 5.74) is 0.220. The SMILES string of the molecule is COC(=O)CC(=O)NCC(C)n1nc(-c2ccco2)ccc1=O. The molecular weight excluding hydrogens is 302 g/mol. The zero-order chi connectivity index (χ0) is 16.8. The summed E-state index contributed by atoms with van der Waals surface area (Å²) in [4.78, 5) is 34.5. The van der Waals surface area contributed by atoms with E-state index in [1.807, 2.05) is 0 Å². The van der Waals surface area contributed by atoms with Gasteiger partial charge in [0.25, 0.3) is 5.56 Å². The van der Waals surface area contributed by atoms with Gasteiger partial charge in [-0.05, 0) is 25.1 Å². The third-order valence-corrected chi connectivity index (χ3v) is 3.14. The number of hydrogen-bond acceptors (Lipinski definition) is 6. The smallest absolute Gasteiger partial charge is 0.315 e. The van der Waals surface area contributed by atoms with E-state index in [9.17, 15) is 14.4 Å². The lowest BCUT2D eigenvalue weighted by Gasteiger charge is -2.15. The van der Waals surface area contributed by atoms with Crippen molar-refractivity contribution in [1.82, 2.24) is 15.1 Å². The number of nitrogens with one attached hydrogen (secondary N) is 1. The first kappa shape index (κ1) is 16.5. The van der Waals surface area contributed by atoms with Gasteiger partial charge in [0.05, 0.1) is 19.4 Å². The largest absolute Gasteiger partial charge is 0.469 e. The Morgan fingerprint density at radius 2 is 2.17 bits per heavy atom. The van der Waals surface area contributed by atoms with Crippen LogP contribution in [0.1, 0.15) is 19.4 Å². The molecule has 0 radical (unpaired) electrons. The number of ether oxygens (including phenoxy) is 1. The number of methoxy groups -OCH3 is 1. The van der Waals surface area contributed by atoms with Crippen molar-refractivity contribution in [2.24, 2.45) is 0 Å². The lowest BCUT2D eigenvalue weighted by Crippen LogP contribution is -2.35. The van der Waals surface area contributed by atoms with Crippen molar-refractivity contribution >= 4 is 11.9 Å². The molecule has 0 saturated heterocycles. The number of furan rings is 1. The summed E-state index contributed by atoms with van der Waals surface area (Å²) in [6.07, 6.45) is 1.15. The maximum atomic E-state index is 11.9. The zero-order valence-electron chi connectivity index (χ0n) is 12.8. The maximum Gasteiger partial charge on any atom is 0.315 e. The Labute approximate surface area is 132 Å². The van der Waals surface area contributed by atoms with E-state index in [1.165, 1.54) is 24.1 Å². The number of hydrogen-bond donors (Lipinski definition) is 1. The van der Waals surface area contributed by atoms with Crippen molar-refractivity contribution in [3.63, 3.8) is 0 Å². The molecule has 0 aliphatic rings. The van der Waals surface area contributed by atoms with Crippen LogP contribution in [0.4, 0.5) is 0 Å². The van der Waals surface area contributed by atoms with Crippen LogP contribution < -0.4 is 10.9 Å².